The van der Waals surface area contributed by atoms with E-state index in [1.807, 2.05) is 24.3 Å². The number of carbonyl (C=O) groups excluding carboxylic acids is 2. The first-order valence-corrected chi connectivity index (χ1v) is 10.2. The highest BCUT2D eigenvalue weighted by atomic mass is 35.5. The number of nitrogens with zero attached hydrogens (tertiary/aromatic N) is 2. The minimum Gasteiger partial charge on any atom is -0.347 e. The molecule has 32 heavy (non-hydrogen) atoms. The van der Waals surface area contributed by atoms with Crippen LogP contribution >= 0.6 is 11.6 Å². The molecule has 0 spiro atoms. The van der Waals surface area contributed by atoms with Crippen LogP contribution in [0.15, 0.2) is 67.0 Å². The van der Waals surface area contributed by atoms with E-state index in [-0.39, 0.29) is 18.4 Å². The van der Waals surface area contributed by atoms with Crippen molar-refractivity contribution in [3.8, 4) is 0 Å². The van der Waals surface area contributed by atoms with E-state index in [2.05, 4.69) is 30.6 Å². The van der Waals surface area contributed by atoms with Gasteiger partial charge in [-0.05, 0) is 54.1 Å². The maximum absolute atomic E-state index is 12.5. The Kier molecular flexibility index (Phi) is 5.04. The lowest BCUT2D eigenvalue weighted by atomic mass is 10.2. The quantitative estimate of drug-likeness (QED) is 0.324. The Morgan fingerprint density at radius 2 is 1.44 bits per heavy atom. The maximum atomic E-state index is 12.5. The first-order valence-electron chi connectivity index (χ1n) is 9.83. The van der Waals surface area contributed by atoms with Crippen molar-refractivity contribution in [2.24, 2.45) is 0 Å². The van der Waals surface area contributed by atoms with Crippen molar-refractivity contribution < 1.29 is 9.59 Å². The Balaban J connectivity index is 1.24. The number of anilines is 1. The third-order valence-electron chi connectivity index (χ3n) is 5.03. The molecule has 4 aromatic heterocycles. The van der Waals surface area contributed by atoms with E-state index < -0.39 is 0 Å². The van der Waals surface area contributed by atoms with Crippen LogP contribution in [0.5, 0.6) is 0 Å². The van der Waals surface area contributed by atoms with Gasteiger partial charge in [-0.2, -0.15) is 0 Å². The number of aromatic amines is 2. The van der Waals surface area contributed by atoms with Gasteiger partial charge >= 0.3 is 0 Å². The minimum absolute atomic E-state index is 0.224. The Hall–Kier alpha value is -4.17. The third kappa shape index (κ3) is 3.91. The summed E-state index contributed by atoms with van der Waals surface area (Å²) in [7, 11) is 0. The van der Waals surface area contributed by atoms with Crippen molar-refractivity contribution in [2.75, 3.05) is 5.32 Å². The summed E-state index contributed by atoms with van der Waals surface area (Å²) in [6, 6.07) is 15.9. The molecule has 8 nitrogen and oxygen atoms in total. The Morgan fingerprint density at radius 1 is 0.812 bits per heavy atom. The fourth-order valence-electron chi connectivity index (χ4n) is 3.34. The lowest BCUT2D eigenvalue weighted by Gasteiger charge is -2.10. The van der Waals surface area contributed by atoms with Crippen LogP contribution in [-0.2, 0) is 6.54 Å². The standard InChI is InChI=1S/C23H17ClN6O2/c24-17-11-16(28-23(32)19-6-3-14-8-10-26-21(14)30-19)4-1-15(17)12-27-22(31)18-5-2-13-7-9-25-20(13)29-18/h1-11H,12H2,(H,25,29)(H,26,30)(H,27,31)(H,28,32). The number of benzene rings is 1. The van der Waals surface area contributed by atoms with E-state index in [0.29, 0.717) is 39.0 Å². The molecule has 0 saturated carbocycles. The molecular formula is C23H17ClN6O2. The van der Waals surface area contributed by atoms with Gasteiger partial charge < -0.3 is 20.6 Å². The fraction of sp³-hybridized carbons (Fsp3) is 0.0435. The van der Waals surface area contributed by atoms with Gasteiger partial charge in [-0.3, -0.25) is 9.59 Å². The molecule has 0 aliphatic rings. The van der Waals surface area contributed by atoms with Crippen LogP contribution in [0.4, 0.5) is 5.69 Å². The highest BCUT2D eigenvalue weighted by molar-refractivity contribution is 6.31. The number of fused-ring (bicyclic) bond motifs is 2. The number of hydrogen-bond donors (Lipinski definition) is 4. The van der Waals surface area contributed by atoms with Gasteiger partial charge in [-0.25, -0.2) is 9.97 Å². The van der Waals surface area contributed by atoms with Crippen LogP contribution in [0.25, 0.3) is 22.1 Å². The predicted molar refractivity (Wildman–Crippen MR) is 123 cm³/mol. The lowest BCUT2D eigenvalue weighted by molar-refractivity contribution is 0.0945. The number of carbonyl (C=O) groups is 2. The SMILES string of the molecule is O=C(NCc1ccc(NC(=O)c2ccc3cc[nH]c3n2)cc1Cl)c1ccc2cc[nH]c2n1. The van der Waals surface area contributed by atoms with Gasteiger partial charge in [0.2, 0.25) is 0 Å². The fourth-order valence-corrected chi connectivity index (χ4v) is 3.59. The van der Waals surface area contributed by atoms with E-state index in [1.165, 1.54) is 0 Å². The average molecular weight is 445 g/mol. The normalized spacial score (nSPS) is 11.0. The molecule has 0 radical (unpaired) electrons. The second kappa shape index (κ2) is 8.16. The number of hydrogen-bond acceptors (Lipinski definition) is 4. The molecule has 0 unspecified atom stereocenters. The summed E-state index contributed by atoms with van der Waals surface area (Å²) >= 11 is 6.37. The first kappa shape index (κ1) is 19.8. The van der Waals surface area contributed by atoms with Gasteiger partial charge in [0.05, 0.1) is 0 Å². The van der Waals surface area contributed by atoms with Gasteiger partial charge in [-0.1, -0.05) is 17.7 Å². The van der Waals surface area contributed by atoms with Gasteiger partial charge in [0.25, 0.3) is 11.8 Å². The third-order valence-corrected chi connectivity index (χ3v) is 5.39. The molecular weight excluding hydrogens is 428 g/mol. The molecule has 0 fully saturated rings. The summed E-state index contributed by atoms with van der Waals surface area (Å²) in [5.41, 5.74) is 3.14. The zero-order valence-electron chi connectivity index (χ0n) is 16.6. The number of rotatable bonds is 5. The number of nitrogens with one attached hydrogen (secondary N) is 4. The summed E-state index contributed by atoms with van der Waals surface area (Å²) in [4.78, 5) is 39.5. The molecule has 9 heteroatoms. The molecule has 5 rings (SSSR count). The molecule has 4 heterocycles. The van der Waals surface area contributed by atoms with E-state index in [1.54, 1.807) is 42.7 Å². The van der Waals surface area contributed by atoms with E-state index in [4.69, 9.17) is 11.6 Å². The smallest absolute Gasteiger partial charge is 0.274 e. The van der Waals surface area contributed by atoms with Crippen LogP contribution in [0.2, 0.25) is 5.02 Å². The van der Waals surface area contributed by atoms with Crippen molar-refractivity contribution in [3.63, 3.8) is 0 Å². The second-order valence-corrected chi connectivity index (χ2v) is 7.57. The largest absolute Gasteiger partial charge is 0.347 e. The van der Waals surface area contributed by atoms with Crippen molar-refractivity contribution >= 4 is 51.2 Å². The van der Waals surface area contributed by atoms with Crippen molar-refractivity contribution in [3.05, 3.63) is 89.0 Å². The molecule has 1 aromatic carbocycles. The molecule has 2 amide bonds. The van der Waals surface area contributed by atoms with Crippen LogP contribution in [0, 0.1) is 0 Å². The van der Waals surface area contributed by atoms with Crippen molar-refractivity contribution in [2.45, 2.75) is 6.54 Å². The monoisotopic (exact) mass is 444 g/mol. The number of amides is 2. The summed E-state index contributed by atoms with van der Waals surface area (Å²) < 4.78 is 0. The van der Waals surface area contributed by atoms with Gasteiger partial charge in [-0.15, -0.1) is 0 Å². The highest BCUT2D eigenvalue weighted by Gasteiger charge is 2.12. The molecule has 0 saturated heterocycles. The van der Waals surface area contributed by atoms with Crippen molar-refractivity contribution in [1.29, 1.82) is 0 Å². The lowest BCUT2D eigenvalue weighted by Crippen LogP contribution is -2.24. The topological polar surface area (TPSA) is 116 Å². The zero-order chi connectivity index (χ0) is 22.1. The molecule has 0 atom stereocenters. The summed E-state index contributed by atoms with van der Waals surface area (Å²) in [5, 5.41) is 7.89. The van der Waals surface area contributed by atoms with Crippen molar-refractivity contribution in [1.82, 2.24) is 25.3 Å². The van der Waals surface area contributed by atoms with Crippen LogP contribution in [0.3, 0.4) is 0 Å². The van der Waals surface area contributed by atoms with E-state index in [0.717, 1.165) is 10.8 Å². The van der Waals surface area contributed by atoms with E-state index >= 15 is 0 Å². The van der Waals surface area contributed by atoms with Crippen LogP contribution in [0.1, 0.15) is 26.5 Å². The Labute approximate surface area is 187 Å². The molecule has 4 N–H and O–H groups in total. The molecule has 0 aliphatic heterocycles. The zero-order valence-corrected chi connectivity index (χ0v) is 17.4. The molecule has 5 aromatic rings. The number of aromatic nitrogens is 4. The summed E-state index contributed by atoms with van der Waals surface area (Å²) in [6.07, 6.45) is 3.54. The molecule has 0 bridgehead atoms. The van der Waals surface area contributed by atoms with Gasteiger partial charge in [0, 0.05) is 40.4 Å². The highest BCUT2D eigenvalue weighted by Crippen LogP contribution is 2.22. The Morgan fingerprint density at radius 3 is 2.06 bits per heavy atom. The van der Waals surface area contributed by atoms with Gasteiger partial charge in [0.15, 0.2) is 0 Å². The second-order valence-electron chi connectivity index (χ2n) is 7.17. The average Bonchev–Trinajstić information content (AvgIpc) is 3.46. The maximum Gasteiger partial charge on any atom is 0.274 e. The number of H-pyrrole nitrogens is 2. The van der Waals surface area contributed by atoms with Gasteiger partial charge in [0.1, 0.15) is 22.7 Å². The van der Waals surface area contributed by atoms with Crippen LogP contribution < -0.4 is 10.6 Å². The predicted octanol–water partition coefficient (Wildman–Crippen LogP) is 4.27. The molecule has 158 valence electrons. The first-order chi connectivity index (χ1) is 15.6. The molecule has 0 aliphatic carbocycles. The number of pyridine rings is 2. The summed E-state index contributed by atoms with van der Waals surface area (Å²) in [5.74, 6) is -0.648. The van der Waals surface area contributed by atoms with E-state index in [9.17, 15) is 9.59 Å². The Bertz CT molecular complexity index is 1470. The number of halogens is 1. The van der Waals surface area contributed by atoms with Crippen LogP contribution in [-0.4, -0.2) is 31.8 Å². The summed E-state index contributed by atoms with van der Waals surface area (Å²) in [6.45, 7) is 0.224. The minimum atomic E-state index is -0.343.